The molecule has 0 saturated carbocycles. The molecule has 1 saturated heterocycles. The molecule has 0 bridgehead atoms. The molecule has 3 heterocycles. The lowest BCUT2D eigenvalue weighted by molar-refractivity contribution is 0.252. The molecule has 1 aromatic carbocycles. The molecule has 4 nitrogen and oxygen atoms in total. The Morgan fingerprint density at radius 2 is 1.91 bits per heavy atom. The van der Waals surface area contributed by atoms with Crippen LogP contribution >= 0.6 is 0 Å². The topological polar surface area (TPSA) is 33.1 Å². The molecule has 1 N–H and O–H groups in total. The van der Waals surface area contributed by atoms with Gasteiger partial charge in [-0.05, 0) is 63.7 Å². The molecule has 5 heteroatoms. The largest absolute Gasteiger partial charge is 0.369 e. The van der Waals surface area contributed by atoms with E-state index in [0.717, 1.165) is 37.6 Å². The highest BCUT2D eigenvalue weighted by atomic mass is 19.1. The molecule has 0 atom stereocenters. The fourth-order valence-electron chi connectivity index (χ4n) is 3.58. The summed E-state index contributed by atoms with van der Waals surface area (Å²) in [6, 6.07) is 6.57. The number of rotatable bonds is 2. The SMILES string of the molecule is CN1CCC(c2nn(-c3ccc(F)cc3)c3c2CCN3)CC1. The van der Waals surface area contributed by atoms with Crippen molar-refractivity contribution in [1.82, 2.24) is 14.7 Å². The van der Waals surface area contributed by atoms with Gasteiger partial charge in [-0.3, -0.25) is 0 Å². The van der Waals surface area contributed by atoms with E-state index in [0.29, 0.717) is 5.92 Å². The second-order valence-corrected chi connectivity index (χ2v) is 6.35. The Balaban J connectivity index is 1.72. The molecular formula is C17H21FN4. The van der Waals surface area contributed by atoms with E-state index in [4.69, 9.17) is 5.10 Å². The van der Waals surface area contributed by atoms with E-state index in [1.165, 1.54) is 36.2 Å². The number of anilines is 1. The standard InChI is InChI=1S/C17H21FN4/c1-21-10-7-12(8-11-21)16-15-6-9-19-17(15)22(20-16)14-4-2-13(18)3-5-14/h2-5,12,19H,6-11H2,1H3. The minimum atomic E-state index is -0.212. The fraction of sp³-hybridized carbons (Fsp3) is 0.471. The van der Waals surface area contributed by atoms with Crippen LogP contribution in [0.15, 0.2) is 24.3 Å². The van der Waals surface area contributed by atoms with Crippen LogP contribution in [0.3, 0.4) is 0 Å². The zero-order valence-electron chi connectivity index (χ0n) is 12.8. The Hall–Kier alpha value is -1.88. The van der Waals surface area contributed by atoms with Crippen molar-refractivity contribution in [2.75, 3.05) is 32.0 Å². The van der Waals surface area contributed by atoms with E-state index < -0.39 is 0 Å². The zero-order chi connectivity index (χ0) is 15.1. The smallest absolute Gasteiger partial charge is 0.133 e. The van der Waals surface area contributed by atoms with Gasteiger partial charge in [0.25, 0.3) is 0 Å². The highest BCUT2D eigenvalue weighted by molar-refractivity contribution is 5.57. The van der Waals surface area contributed by atoms with Gasteiger partial charge >= 0.3 is 0 Å². The number of piperidine rings is 1. The molecule has 2 aliphatic rings. The number of nitrogens with zero attached hydrogens (tertiary/aromatic N) is 3. The first kappa shape index (κ1) is 13.8. The van der Waals surface area contributed by atoms with Gasteiger partial charge in [0.1, 0.15) is 11.6 Å². The highest BCUT2D eigenvalue weighted by Gasteiger charge is 2.29. The Labute approximate surface area is 129 Å². The van der Waals surface area contributed by atoms with E-state index in [-0.39, 0.29) is 5.82 Å². The third-order valence-electron chi connectivity index (χ3n) is 4.86. The summed E-state index contributed by atoms with van der Waals surface area (Å²) in [5, 5.41) is 8.34. The van der Waals surface area contributed by atoms with Crippen LogP contribution in [0.1, 0.15) is 30.0 Å². The molecular weight excluding hydrogens is 279 g/mol. The van der Waals surface area contributed by atoms with Crippen LogP contribution in [0.5, 0.6) is 0 Å². The molecule has 0 spiro atoms. The van der Waals surface area contributed by atoms with Crippen LogP contribution in [0.4, 0.5) is 10.2 Å². The molecule has 22 heavy (non-hydrogen) atoms. The Bertz CT molecular complexity index is 669. The number of likely N-dealkylation sites (tertiary alicyclic amines) is 1. The van der Waals surface area contributed by atoms with E-state index in [1.807, 2.05) is 4.68 Å². The number of hydrogen-bond acceptors (Lipinski definition) is 3. The Kier molecular flexibility index (Phi) is 3.37. The number of benzene rings is 1. The van der Waals surface area contributed by atoms with Gasteiger partial charge < -0.3 is 10.2 Å². The van der Waals surface area contributed by atoms with E-state index >= 15 is 0 Å². The molecule has 1 fully saturated rings. The molecule has 0 unspecified atom stereocenters. The molecule has 4 rings (SSSR count). The minimum absolute atomic E-state index is 0.212. The van der Waals surface area contributed by atoms with Crippen molar-refractivity contribution in [3.8, 4) is 5.69 Å². The second-order valence-electron chi connectivity index (χ2n) is 6.35. The maximum absolute atomic E-state index is 13.2. The van der Waals surface area contributed by atoms with Gasteiger partial charge in [0, 0.05) is 18.0 Å². The van der Waals surface area contributed by atoms with Crippen molar-refractivity contribution in [2.24, 2.45) is 0 Å². The summed E-state index contributed by atoms with van der Waals surface area (Å²) in [6.07, 6.45) is 3.38. The van der Waals surface area contributed by atoms with Gasteiger partial charge in [0.05, 0.1) is 11.4 Å². The summed E-state index contributed by atoms with van der Waals surface area (Å²) >= 11 is 0. The third-order valence-corrected chi connectivity index (χ3v) is 4.86. The van der Waals surface area contributed by atoms with Gasteiger partial charge in [-0.1, -0.05) is 0 Å². The zero-order valence-corrected chi connectivity index (χ0v) is 12.8. The molecule has 116 valence electrons. The Morgan fingerprint density at radius 1 is 1.18 bits per heavy atom. The average Bonchev–Trinajstić information content (AvgIpc) is 3.12. The average molecular weight is 300 g/mol. The molecule has 2 aromatic rings. The van der Waals surface area contributed by atoms with E-state index in [1.54, 1.807) is 12.1 Å². The highest BCUT2D eigenvalue weighted by Crippen LogP contribution is 2.36. The third kappa shape index (κ3) is 2.29. The van der Waals surface area contributed by atoms with Crippen LogP contribution in [-0.2, 0) is 6.42 Å². The Morgan fingerprint density at radius 3 is 2.64 bits per heavy atom. The normalized spacial score (nSPS) is 19.2. The summed E-state index contributed by atoms with van der Waals surface area (Å²) in [5.41, 5.74) is 3.53. The maximum atomic E-state index is 13.2. The summed E-state index contributed by atoms with van der Waals surface area (Å²) < 4.78 is 15.1. The lowest BCUT2D eigenvalue weighted by atomic mass is 9.91. The monoisotopic (exact) mass is 300 g/mol. The van der Waals surface area contributed by atoms with Crippen molar-refractivity contribution in [3.63, 3.8) is 0 Å². The van der Waals surface area contributed by atoms with Gasteiger partial charge in [-0.2, -0.15) is 5.10 Å². The summed E-state index contributed by atoms with van der Waals surface area (Å²) in [5.74, 6) is 1.43. The maximum Gasteiger partial charge on any atom is 0.133 e. The van der Waals surface area contributed by atoms with Crippen molar-refractivity contribution < 1.29 is 4.39 Å². The predicted octanol–water partition coefficient (Wildman–Crippen LogP) is 2.79. The number of aromatic nitrogens is 2. The van der Waals surface area contributed by atoms with Gasteiger partial charge in [-0.15, -0.1) is 0 Å². The van der Waals surface area contributed by atoms with Crippen molar-refractivity contribution in [1.29, 1.82) is 0 Å². The lowest BCUT2D eigenvalue weighted by Gasteiger charge is -2.28. The van der Waals surface area contributed by atoms with Crippen LogP contribution in [0.25, 0.3) is 5.69 Å². The fourth-order valence-corrected chi connectivity index (χ4v) is 3.58. The van der Waals surface area contributed by atoms with E-state index in [2.05, 4.69) is 17.3 Å². The minimum Gasteiger partial charge on any atom is -0.369 e. The predicted molar refractivity (Wildman–Crippen MR) is 85.2 cm³/mol. The molecule has 0 amide bonds. The first-order valence-electron chi connectivity index (χ1n) is 8.02. The molecule has 1 aromatic heterocycles. The number of fused-ring (bicyclic) bond motifs is 1. The second kappa shape index (κ2) is 5.39. The quantitative estimate of drug-likeness (QED) is 0.926. The lowest BCUT2D eigenvalue weighted by Crippen LogP contribution is -2.29. The van der Waals surface area contributed by atoms with Crippen molar-refractivity contribution in [3.05, 3.63) is 41.3 Å². The first-order chi connectivity index (χ1) is 10.7. The molecule has 2 aliphatic heterocycles. The molecule has 0 aliphatic carbocycles. The van der Waals surface area contributed by atoms with Crippen LogP contribution < -0.4 is 5.32 Å². The van der Waals surface area contributed by atoms with Crippen LogP contribution in [0, 0.1) is 5.82 Å². The van der Waals surface area contributed by atoms with Crippen molar-refractivity contribution in [2.45, 2.75) is 25.2 Å². The van der Waals surface area contributed by atoms with Gasteiger partial charge in [0.15, 0.2) is 0 Å². The van der Waals surface area contributed by atoms with Crippen molar-refractivity contribution >= 4 is 5.82 Å². The van der Waals surface area contributed by atoms with Gasteiger partial charge in [-0.25, -0.2) is 9.07 Å². The van der Waals surface area contributed by atoms with E-state index in [9.17, 15) is 4.39 Å². The number of halogens is 1. The van der Waals surface area contributed by atoms with Gasteiger partial charge in [0.2, 0.25) is 0 Å². The summed E-state index contributed by atoms with van der Waals surface area (Å²) in [6.45, 7) is 3.24. The first-order valence-corrected chi connectivity index (χ1v) is 8.02. The number of nitrogens with one attached hydrogen (secondary N) is 1. The van der Waals surface area contributed by atoms with Crippen LogP contribution in [-0.4, -0.2) is 41.4 Å². The summed E-state index contributed by atoms with van der Waals surface area (Å²) in [7, 11) is 2.18. The molecule has 0 radical (unpaired) electrons. The number of hydrogen-bond donors (Lipinski definition) is 1. The summed E-state index contributed by atoms with van der Waals surface area (Å²) in [4.78, 5) is 2.38. The van der Waals surface area contributed by atoms with Crippen LogP contribution in [0.2, 0.25) is 0 Å².